The van der Waals surface area contributed by atoms with Gasteiger partial charge in [0.1, 0.15) is 6.61 Å². The van der Waals surface area contributed by atoms with E-state index < -0.39 is 0 Å². The second kappa shape index (κ2) is 7.94. The minimum absolute atomic E-state index is 0.000425. The zero-order chi connectivity index (χ0) is 18.8. The highest BCUT2D eigenvalue weighted by Gasteiger charge is 2.11. The highest BCUT2D eigenvalue weighted by Crippen LogP contribution is 2.28. The number of fused-ring (bicyclic) bond motifs is 1. The number of hydrogen-bond donors (Lipinski definition) is 0. The quantitative estimate of drug-likeness (QED) is 0.426. The summed E-state index contributed by atoms with van der Waals surface area (Å²) < 4.78 is 7.88. The third-order valence-corrected chi connectivity index (χ3v) is 6.74. The molecule has 0 saturated heterocycles. The van der Waals surface area contributed by atoms with Crippen molar-refractivity contribution in [3.05, 3.63) is 60.9 Å². The molecule has 2 heterocycles. The number of benzene rings is 1. The Bertz CT molecular complexity index is 1040. The molecular weight excluding hydrogens is 436 g/mol. The van der Waals surface area contributed by atoms with E-state index in [4.69, 9.17) is 4.74 Å². The van der Waals surface area contributed by atoms with E-state index in [1.165, 1.54) is 29.2 Å². The van der Waals surface area contributed by atoms with Crippen molar-refractivity contribution >= 4 is 50.0 Å². The lowest BCUT2D eigenvalue weighted by Crippen LogP contribution is -2.16. The van der Waals surface area contributed by atoms with Crippen LogP contribution < -0.4 is 5.56 Å². The van der Waals surface area contributed by atoms with Gasteiger partial charge in [0, 0.05) is 26.5 Å². The summed E-state index contributed by atoms with van der Waals surface area (Å²) in [7, 11) is 0. The first-order chi connectivity index (χ1) is 12.3. The van der Waals surface area contributed by atoms with Crippen molar-refractivity contribution < 1.29 is 9.53 Å². The average molecular weight is 453 g/mol. The third kappa shape index (κ3) is 4.19. The zero-order valence-electron chi connectivity index (χ0n) is 14.5. The number of thioether (sulfide) groups is 1. The molecule has 5 nitrogen and oxygen atoms in total. The first-order valence-electron chi connectivity index (χ1n) is 7.87. The van der Waals surface area contributed by atoms with Gasteiger partial charge in [0.05, 0.1) is 11.4 Å². The lowest BCUT2D eigenvalue weighted by molar-refractivity contribution is -0.141. The Morgan fingerprint density at radius 1 is 1.27 bits per heavy atom. The molecule has 0 spiro atoms. The normalized spacial score (nSPS) is 11.1. The summed E-state index contributed by atoms with van der Waals surface area (Å²) in [6, 6.07) is 5.50. The van der Waals surface area contributed by atoms with Crippen molar-refractivity contribution in [3.8, 4) is 0 Å². The molecule has 0 unspecified atom stereocenters. The molecule has 0 aliphatic carbocycles. The Morgan fingerprint density at radius 2 is 2.04 bits per heavy atom. The molecule has 0 N–H and O–H groups in total. The Hall–Kier alpha value is -1.64. The molecule has 0 atom stereocenters. The van der Waals surface area contributed by atoms with Crippen molar-refractivity contribution in [2.24, 2.45) is 0 Å². The van der Waals surface area contributed by atoms with Crippen LogP contribution >= 0.6 is 39.0 Å². The summed E-state index contributed by atoms with van der Waals surface area (Å²) in [6.45, 7) is 5.88. The van der Waals surface area contributed by atoms with Crippen molar-refractivity contribution in [1.29, 1.82) is 0 Å². The number of halogens is 1. The van der Waals surface area contributed by atoms with Gasteiger partial charge in [-0.15, -0.1) is 23.1 Å². The van der Waals surface area contributed by atoms with Crippen LogP contribution in [0.25, 0.3) is 4.96 Å². The lowest BCUT2D eigenvalue weighted by Gasteiger charge is -2.09. The Kier molecular flexibility index (Phi) is 5.84. The fourth-order valence-electron chi connectivity index (χ4n) is 2.42. The molecule has 0 aliphatic heterocycles. The summed E-state index contributed by atoms with van der Waals surface area (Å²) in [5, 5.41) is 1.87. The van der Waals surface area contributed by atoms with Crippen LogP contribution in [-0.4, -0.2) is 21.1 Å². The molecule has 8 heteroatoms. The summed E-state index contributed by atoms with van der Waals surface area (Å²) in [5.74, 6) is -0.124. The van der Waals surface area contributed by atoms with E-state index in [2.05, 4.69) is 20.9 Å². The van der Waals surface area contributed by atoms with Gasteiger partial charge in [0.25, 0.3) is 5.56 Å². The number of aromatic nitrogens is 2. The Morgan fingerprint density at radius 3 is 2.81 bits per heavy atom. The summed E-state index contributed by atoms with van der Waals surface area (Å²) in [4.78, 5) is 30.2. The molecule has 2 aromatic heterocycles. The zero-order valence-corrected chi connectivity index (χ0v) is 17.8. The smallest absolute Gasteiger partial charge is 0.316 e. The van der Waals surface area contributed by atoms with Crippen LogP contribution in [0.1, 0.15) is 22.5 Å². The molecule has 136 valence electrons. The molecule has 0 aliphatic rings. The maximum atomic E-state index is 12.1. The van der Waals surface area contributed by atoms with E-state index in [0.29, 0.717) is 10.7 Å². The number of esters is 1. The van der Waals surface area contributed by atoms with Crippen LogP contribution in [0.3, 0.4) is 0 Å². The monoisotopic (exact) mass is 452 g/mol. The SMILES string of the molecule is Cc1cc(SCC(=O)OCc2cc(=O)n3c(C)csc3n2)c(C)cc1Br. The van der Waals surface area contributed by atoms with Crippen LogP contribution in [0, 0.1) is 20.8 Å². The topological polar surface area (TPSA) is 60.7 Å². The fraction of sp³-hybridized carbons (Fsp3) is 0.278. The lowest BCUT2D eigenvalue weighted by atomic mass is 10.2. The van der Waals surface area contributed by atoms with Crippen LogP contribution in [0.5, 0.6) is 0 Å². The average Bonchev–Trinajstić information content (AvgIpc) is 2.96. The number of nitrogens with zero attached hydrogens (tertiary/aromatic N) is 2. The van der Waals surface area contributed by atoms with E-state index in [1.807, 2.05) is 38.3 Å². The highest BCUT2D eigenvalue weighted by atomic mass is 79.9. The molecule has 3 rings (SSSR count). The minimum atomic E-state index is -0.334. The van der Waals surface area contributed by atoms with Gasteiger partial charge in [-0.05, 0) is 44.0 Å². The number of ether oxygens (including phenoxy) is 1. The van der Waals surface area contributed by atoms with Crippen LogP contribution in [-0.2, 0) is 16.1 Å². The number of carbonyl (C=O) groups excluding carboxylic acids is 1. The van der Waals surface area contributed by atoms with Gasteiger partial charge in [0.2, 0.25) is 0 Å². The molecule has 0 amide bonds. The van der Waals surface area contributed by atoms with Crippen molar-refractivity contribution in [1.82, 2.24) is 9.38 Å². The van der Waals surface area contributed by atoms with Crippen LogP contribution in [0.15, 0.2) is 37.7 Å². The summed E-state index contributed by atoms with van der Waals surface area (Å²) in [5.41, 5.74) is 3.38. The third-order valence-electron chi connectivity index (χ3n) is 3.81. The second-order valence-corrected chi connectivity index (χ2v) is 8.61. The summed E-state index contributed by atoms with van der Waals surface area (Å²) >= 11 is 6.34. The maximum Gasteiger partial charge on any atom is 0.316 e. The van der Waals surface area contributed by atoms with Gasteiger partial charge in [0.15, 0.2) is 4.96 Å². The number of aryl methyl sites for hydroxylation is 3. The molecule has 26 heavy (non-hydrogen) atoms. The van der Waals surface area contributed by atoms with E-state index in [9.17, 15) is 9.59 Å². The first kappa shape index (κ1) is 19.1. The van der Waals surface area contributed by atoms with Gasteiger partial charge < -0.3 is 4.74 Å². The van der Waals surface area contributed by atoms with Crippen molar-refractivity contribution in [2.45, 2.75) is 32.3 Å². The largest absolute Gasteiger partial charge is 0.459 e. The number of rotatable bonds is 5. The number of hydrogen-bond acceptors (Lipinski definition) is 6. The highest BCUT2D eigenvalue weighted by molar-refractivity contribution is 9.10. The Labute approximate surface area is 167 Å². The van der Waals surface area contributed by atoms with Gasteiger partial charge in [-0.1, -0.05) is 15.9 Å². The molecule has 0 bridgehead atoms. The van der Waals surface area contributed by atoms with E-state index >= 15 is 0 Å². The first-order valence-corrected chi connectivity index (χ1v) is 10.5. The van der Waals surface area contributed by atoms with Gasteiger partial charge in [-0.25, -0.2) is 4.98 Å². The van der Waals surface area contributed by atoms with Gasteiger partial charge in [-0.3, -0.25) is 14.0 Å². The number of thiazole rings is 1. The van der Waals surface area contributed by atoms with Crippen molar-refractivity contribution in [3.63, 3.8) is 0 Å². The van der Waals surface area contributed by atoms with E-state index in [0.717, 1.165) is 26.2 Å². The number of carbonyl (C=O) groups is 1. The molecule has 0 fully saturated rings. The molecule has 1 aromatic carbocycles. The van der Waals surface area contributed by atoms with Crippen LogP contribution in [0.4, 0.5) is 0 Å². The molecule has 0 radical (unpaired) electrons. The second-order valence-electron chi connectivity index (χ2n) is 5.90. The Balaban J connectivity index is 1.61. The molecular formula is C18H17BrN2O3S2. The van der Waals surface area contributed by atoms with Gasteiger partial charge >= 0.3 is 5.97 Å². The van der Waals surface area contributed by atoms with Gasteiger partial charge in [-0.2, -0.15) is 0 Å². The molecule has 0 saturated carbocycles. The van der Waals surface area contributed by atoms with E-state index in [1.54, 1.807) is 4.40 Å². The van der Waals surface area contributed by atoms with Crippen molar-refractivity contribution in [2.75, 3.05) is 5.75 Å². The van der Waals surface area contributed by atoms with Crippen LogP contribution in [0.2, 0.25) is 0 Å². The fourth-order valence-corrected chi connectivity index (χ4v) is 4.67. The summed E-state index contributed by atoms with van der Waals surface area (Å²) in [6.07, 6.45) is 0. The maximum absolute atomic E-state index is 12.1. The minimum Gasteiger partial charge on any atom is -0.459 e. The van der Waals surface area contributed by atoms with E-state index in [-0.39, 0.29) is 23.9 Å². The predicted octanol–water partition coefficient (Wildman–Crippen LogP) is 4.28. The predicted molar refractivity (Wildman–Crippen MR) is 108 cm³/mol. The molecule has 3 aromatic rings. The standard InChI is InChI=1S/C18H17BrN2O3S2/c1-10-5-15(11(2)4-14(10)19)25-9-17(23)24-7-13-6-16(22)21-12(3)8-26-18(21)20-13/h4-6,8H,7,9H2,1-3H3.